The van der Waals surface area contributed by atoms with E-state index in [4.69, 9.17) is 4.74 Å². The van der Waals surface area contributed by atoms with E-state index in [0.29, 0.717) is 6.61 Å². The highest BCUT2D eigenvalue weighted by atomic mass is 127. The molecule has 4 nitrogen and oxygen atoms in total. The van der Waals surface area contributed by atoms with Gasteiger partial charge in [0.15, 0.2) is 0 Å². The highest BCUT2D eigenvalue weighted by molar-refractivity contribution is 14.1. The number of carbonyl (C=O) groups is 1. The maximum Gasteiger partial charge on any atom is 0.326 e. The van der Waals surface area contributed by atoms with Crippen molar-refractivity contribution in [2.75, 3.05) is 6.61 Å². The van der Waals surface area contributed by atoms with Crippen molar-refractivity contribution < 1.29 is 9.53 Å². The van der Waals surface area contributed by atoms with Crippen LogP contribution in [0.4, 0.5) is 0 Å². The van der Waals surface area contributed by atoms with Crippen LogP contribution in [-0.2, 0) is 16.1 Å². The number of rotatable bonds is 3. The fourth-order valence-corrected chi connectivity index (χ4v) is 2.87. The quantitative estimate of drug-likeness (QED) is 0.621. The number of carbonyl (C=O) groups excluding carboxylic acids is 1. The minimum Gasteiger partial charge on any atom is -0.465 e. The van der Waals surface area contributed by atoms with E-state index >= 15 is 0 Å². The Kier molecular flexibility index (Phi) is 3.82. The average molecular weight is 363 g/mol. The summed E-state index contributed by atoms with van der Waals surface area (Å²) >= 11 is 3.32. The number of esters is 1. The van der Waals surface area contributed by atoms with E-state index in [1.165, 1.54) is 4.57 Å². The molecule has 0 aliphatic heterocycles. The molecule has 2 rings (SSSR count). The molecule has 0 bridgehead atoms. The standard InChI is InChI=1S/C11H10INO3S/c1-2-16-10(14)6-13-8-5-7(12)3-4-9(8)17-11(13)15/h3-5H,2,6H2,1H3. The molecule has 6 heteroatoms. The van der Waals surface area contributed by atoms with Crippen LogP contribution in [0.25, 0.3) is 10.2 Å². The van der Waals surface area contributed by atoms with Crippen molar-refractivity contribution >= 4 is 50.1 Å². The molecule has 0 saturated carbocycles. The van der Waals surface area contributed by atoms with Gasteiger partial charge in [0.2, 0.25) is 0 Å². The molecule has 0 saturated heterocycles. The lowest BCUT2D eigenvalue weighted by atomic mass is 10.3. The average Bonchev–Trinajstić information content (AvgIpc) is 2.56. The topological polar surface area (TPSA) is 48.3 Å². The summed E-state index contributed by atoms with van der Waals surface area (Å²) in [5.41, 5.74) is 0.792. The predicted octanol–water partition coefficient (Wildman–Crippen LogP) is 2.23. The van der Waals surface area contributed by atoms with E-state index < -0.39 is 0 Å². The van der Waals surface area contributed by atoms with E-state index in [0.717, 1.165) is 25.1 Å². The second kappa shape index (κ2) is 5.18. The Morgan fingerprint density at radius 1 is 1.53 bits per heavy atom. The number of nitrogens with zero attached hydrogens (tertiary/aromatic N) is 1. The van der Waals surface area contributed by atoms with Gasteiger partial charge in [0.25, 0.3) is 0 Å². The third-order valence-corrected chi connectivity index (χ3v) is 3.85. The van der Waals surface area contributed by atoms with Gasteiger partial charge in [-0.1, -0.05) is 11.3 Å². The number of ether oxygens (including phenoxy) is 1. The summed E-state index contributed by atoms with van der Waals surface area (Å²) in [6, 6.07) is 5.73. The van der Waals surface area contributed by atoms with Crippen LogP contribution in [0.2, 0.25) is 0 Å². The van der Waals surface area contributed by atoms with Crippen molar-refractivity contribution in [3.05, 3.63) is 31.4 Å². The van der Waals surface area contributed by atoms with Crippen LogP contribution in [0, 0.1) is 3.57 Å². The first-order valence-electron chi connectivity index (χ1n) is 5.06. The van der Waals surface area contributed by atoms with Gasteiger partial charge in [0, 0.05) is 3.57 Å². The van der Waals surface area contributed by atoms with Gasteiger partial charge in [-0.3, -0.25) is 14.2 Å². The zero-order chi connectivity index (χ0) is 12.4. The lowest BCUT2D eigenvalue weighted by molar-refractivity contribution is -0.143. The Morgan fingerprint density at radius 3 is 3.00 bits per heavy atom. The summed E-state index contributed by atoms with van der Waals surface area (Å²) in [6.45, 7) is 2.05. The van der Waals surface area contributed by atoms with Crippen molar-refractivity contribution in [3.8, 4) is 0 Å². The molecule has 0 spiro atoms. The number of thiazole rings is 1. The molecule has 2 aromatic rings. The van der Waals surface area contributed by atoms with Crippen LogP contribution in [0.1, 0.15) is 6.92 Å². The largest absolute Gasteiger partial charge is 0.465 e. The summed E-state index contributed by atoms with van der Waals surface area (Å²) in [4.78, 5) is 23.0. The van der Waals surface area contributed by atoms with Crippen molar-refractivity contribution in [2.45, 2.75) is 13.5 Å². The summed E-state index contributed by atoms with van der Waals surface area (Å²) in [5, 5.41) is 0. The first-order valence-corrected chi connectivity index (χ1v) is 6.96. The van der Waals surface area contributed by atoms with Crippen molar-refractivity contribution in [1.82, 2.24) is 4.57 Å². The summed E-state index contributed by atoms with van der Waals surface area (Å²) in [5.74, 6) is -0.381. The molecule has 0 aliphatic carbocycles. The van der Waals surface area contributed by atoms with Gasteiger partial charge in [-0.2, -0.15) is 0 Å². The van der Waals surface area contributed by atoms with Gasteiger partial charge < -0.3 is 4.74 Å². The maximum absolute atomic E-state index is 11.8. The molecule has 90 valence electrons. The minimum atomic E-state index is -0.381. The second-order valence-corrected chi connectivity index (χ2v) is 5.61. The smallest absolute Gasteiger partial charge is 0.326 e. The van der Waals surface area contributed by atoms with Crippen LogP contribution >= 0.6 is 33.9 Å². The molecular weight excluding hydrogens is 353 g/mol. The van der Waals surface area contributed by atoms with E-state index in [2.05, 4.69) is 22.6 Å². The first-order chi connectivity index (χ1) is 8.11. The molecule has 1 aromatic carbocycles. The molecule has 0 fully saturated rings. The summed E-state index contributed by atoms with van der Waals surface area (Å²) < 4.78 is 8.23. The Morgan fingerprint density at radius 2 is 2.29 bits per heavy atom. The Hall–Kier alpha value is -0.890. The number of aromatic nitrogens is 1. The van der Waals surface area contributed by atoms with Crippen molar-refractivity contribution in [2.24, 2.45) is 0 Å². The number of hydrogen-bond donors (Lipinski definition) is 0. The minimum absolute atomic E-state index is 0.0211. The molecule has 17 heavy (non-hydrogen) atoms. The fourth-order valence-electron chi connectivity index (χ4n) is 1.52. The molecule has 0 amide bonds. The van der Waals surface area contributed by atoms with Crippen LogP contribution in [0.15, 0.2) is 23.0 Å². The molecule has 0 atom stereocenters. The van der Waals surface area contributed by atoms with E-state index in [1.807, 2.05) is 18.2 Å². The van der Waals surface area contributed by atoms with E-state index in [-0.39, 0.29) is 17.4 Å². The zero-order valence-electron chi connectivity index (χ0n) is 9.10. The Balaban J connectivity index is 2.45. The highest BCUT2D eigenvalue weighted by Gasteiger charge is 2.11. The van der Waals surface area contributed by atoms with Crippen LogP contribution in [0.5, 0.6) is 0 Å². The molecule has 1 heterocycles. The number of fused-ring (bicyclic) bond motifs is 1. The van der Waals surface area contributed by atoms with E-state index in [1.54, 1.807) is 6.92 Å². The lowest BCUT2D eigenvalue weighted by Crippen LogP contribution is -2.20. The number of hydrogen-bond acceptors (Lipinski definition) is 4. The van der Waals surface area contributed by atoms with Gasteiger partial charge in [-0.15, -0.1) is 0 Å². The van der Waals surface area contributed by atoms with Gasteiger partial charge in [0.1, 0.15) is 6.54 Å². The molecule has 1 aromatic heterocycles. The van der Waals surface area contributed by atoms with Gasteiger partial charge in [-0.05, 0) is 47.7 Å². The molecule has 0 N–H and O–H groups in total. The number of halogens is 1. The molecular formula is C11H10INO3S. The van der Waals surface area contributed by atoms with Gasteiger partial charge >= 0.3 is 10.8 Å². The predicted molar refractivity (Wildman–Crippen MR) is 75.4 cm³/mol. The Labute approximate surface area is 115 Å². The fraction of sp³-hybridized carbons (Fsp3) is 0.273. The third kappa shape index (κ3) is 2.68. The second-order valence-electron chi connectivity index (χ2n) is 3.37. The van der Waals surface area contributed by atoms with Gasteiger partial charge in [-0.25, -0.2) is 0 Å². The normalized spacial score (nSPS) is 10.7. The van der Waals surface area contributed by atoms with Crippen LogP contribution in [0.3, 0.4) is 0 Å². The lowest BCUT2D eigenvalue weighted by Gasteiger charge is -2.03. The van der Waals surface area contributed by atoms with Crippen LogP contribution < -0.4 is 4.87 Å². The zero-order valence-corrected chi connectivity index (χ0v) is 12.1. The van der Waals surface area contributed by atoms with E-state index in [9.17, 15) is 9.59 Å². The van der Waals surface area contributed by atoms with Crippen molar-refractivity contribution in [1.29, 1.82) is 0 Å². The molecule has 0 radical (unpaired) electrons. The molecule has 0 unspecified atom stereocenters. The van der Waals surface area contributed by atoms with Crippen LogP contribution in [-0.4, -0.2) is 17.1 Å². The molecule has 0 aliphatic rings. The first kappa shape index (κ1) is 12.6. The third-order valence-electron chi connectivity index (χ3n) is 2.22. The van der Waals surface area contributed by atoms with Gasteiger partial charge in [0.05, 0.1) is 16.8 Å². The number of benzene rings is 1. The Bertz CT molecular complexity index is 617. The highest BCUT2D eigenvalue weighted by Crippen LogP contribution is 2.19. The van der Waals surface area contributed by atoms with Crippen molar-refractivity contribution in [3.63, 3.8) is 0 Å². The summed E-state index contributed by atoms with van der Waals surface area (Å²) in [7, 11) is 0. The maximum atomic E-state index is 11.8. The summed E-state index contributed by atoms with van der Waals surface area (Å²) in [6.07, 6.45) is 0. The monoisotopic (exact) mass is 363 g/mol. The SMILES string of the molecule is CCOC(=O)Cn1c(=O)sc2ccc(I)cc21.